The molecular formula is C21H28Cl2N6O2. The van der Waals surface area contributed by atoms with Crippen LogP contribution in [0.5, 0.6) is 0 Å². The number of aromatic nitrogens is 3. The van der Waals surface area contributed by atoms with Crippen LogP contribution >= 0.6 is 23.2 Å². The Morgan fingerprint density at radius 3 is 2.58 bits per heavy atom. The summed E-state index contributed by atoms with van der Waals surface area (Å²) in [7, 11) is 1.75. The number of pyridine rings is 1. The Morgan fingerprint density at radius 1 is 1.29 bits per heavy atom. The summed E-state index contributed by atoms with van der Waals surface area (Å²) in [4.78, 5) is 15.9. The highest BCUT2D eigenvalue weighted by molar-refractivity contribution is 6.43. The maximum Gasteiger partial charge on any atom is 0.153 e. The zero-order valence-electron chi connectivity index (χ0n) is 18.0. The SMILES string of the molecule is CNc1cc(-c2nc(CO)c(N3CCC4(CC3)CO[C@@H](C)C4N)nc2C)c(Cl)c(Cl)n1. The Bertz CT molecular complexity index is 981. The molecule has 0 aromatic carbocycles. The number of piperidine rings is 1. The number of halogens is 2. The maximum atomic E-state index is 10.1. The molecule has 2 saturated heterocycles. The summed E-state index contributed by atoms with van der Waals surface area (Å²) in [6.45, 7) is 5.97. The van der Waals surface area contributed by atoms with E-state index in [0.717, 1.165) is 25.9 Å². The normalized spacial score (nSPS) is 22.9. The number of nitrogens with one attached hydrogen (secondary N) is 1. The standard InChI is InChI=1S/C21H28Cl2N6O2/c1-11-17(13-8-15(25-3)28-19(23)16(13)22)27-14(9-30)20(26-11)29-6-4-21(5-7-29)10-31-12(2)18(21)24/h8,12,18,30H,4-7,9-10,24H2,1-3H3,(H,25,28)/t12-,18?/m0/s1. The smallest absolute Gasteiger partial charge is 0.153 e. The minimum atomic E-state index is -0.230. The van der Waals surface area contributed by atoms with Gasteiger partial charge in [-0.2, -0.15) is 0 Å². The van der Waals surface area contributed by atoms with E-state index in [4.69, 9.17) is 43.6 Å². The Balaban J connectivity index is 1.65. The monoisotopic (exact) mass is 466 g/mol. The lowest BCUT2D eigenvalue weighted by Gasteiger charge is -2.42. The van der Waals surface area contributed by atoms with Gasteiger partial charge in [-0.25, -0.2) is 15.0 Å². The van der Waals surface area contributed by atoms with Crippen LogP contribution in [-0.4, -0.2) is 58.9 Å². The lowest BCUT2D eigenvalue weighted by molar-refractivity contribution is 0.0973. The van der Waals surface area contributed by atoms with E-state index < -0.39 is 0 Å². The third kappa shape index (κ3) is 3.96. The zero-order chi connectivity index (χ0) is 22.3. The van der Waals surface area contributed by atoms with Gasteiger partial charge in [0, 0.05) is 37.2 Å². The second-order valence-electron chi connectivity index (χ2n) is 8.39. The first-order valence-corrected chi connectivity index (χ1v) is 11.2. The van der Waals surface area contributed by atoms with Gasteiger partial charge in [0.25, 0.3) is 0 Å². The van der Waals surface area contributed by atoms with E-state index in [0.29, 0.717) is 45.9 Å². The number of nitrogens with zero attached hydrogens (tertiary/aromatic N) is 4. The third-order valence-electron chi connectivity index (χ3n) is 6.60. The van der Waals surface area contributed by atoms with E-state index in [9.17, 15) is 5.11 Å². The van der Waals surface area contributed by atoms with Crippen LogP contribution in [0.15, 0.2) is 6.07 Å². The molecule has 4 rings (SSSR count). The topological polar surface area (TPSA) is 109 Å². The Labute approximate surface area is 192 Å². The molecule has 0 amide bonds. The summed E-state index contributed by atoms with van der Waals surface area (Å²) < 4.78 is 5.82. The second-order valence-corrected chi connectivity index (χ2v) is 9.12. The molecule has 8 nitrogen and oxygen atoms in total. The molecule has 2 fully saturated rings. The molecular weight excluding hydrogens is 439 g/mol. The molecule has 4 heterocycles. The summed E-state index contributed by atoms with van der Waals surface area (Å²) in [5.41, 5.74) is 8.87. The largest absolute Gasteiger partial charge is 0.390 e. The van der Waals surface area contributed by atoms with Crippen LogP contribution in [0.4, 0.5) is 11.6 Å². The van der Waals surface area contributed by atoms with Crippen molar-refractivity contribution >= 4 is 34.8 Å². The minimum Gasteiger partial charge on any atom is -0.390 e. The quantitative estimate of drug-likeness (QED) is 0.589. The molecule has 0 bridgehead atoms. The van der Waals surface area contributed by atoms with Gasteiger partial charge in [-0.1, -0.05) is 23.2 Å². The number of ether oxygens (including phenoxy) is 1. The predicted molar refractivity (Wildman–Crippen MR) is 123 cm³/mol. The first-order valence-electron chi connectivity index (χ1n) is 10.4. The van der Waals surface area contributed by atoms with Crippen LogP contribution in [-0.2, 0) is 11.3 Å². The van der Waals surface area contributed by atoms with Crippen molar-refractivity contribution in [2.75, 3.05) is 37.0 Å². The number of aryl methyl sites for hydroxylation is 1. The van der Waals surface area contributed by atoms with Crippen LogP contribution in [0.25, 0.3) is 11.3 Å². The van der Waals surface area contributed by atoms with Gasteiger partial charge in [-0.15, -0.1) is 0 Å². The third-order valence-corrected chi connectivity index (χ3v) is 7.36. The lowest BCUT2D eigenvalue weighted by Crippen LogP contribution is -2.51. The highest BCUT2D eigenvalue weighted by atomic mass is 35.5. The number of hydrogen-bond donors (Lipinski definition) is 3. The van der Waals surface area contributed by atoms with E-state index in [2.05, 4.69) is 15.2 Å². The van der Waals surface area contributed by atoms with E-state index in [-0.39, 0.29) is 29.3 Å². The molecule has 168 valence electrons. The average Bonchev–Trinajstić information content (AvgIpc) is 3.04. The van der Waals surface area contributed by atoms with Crippen molar-refractivity contribution in [1.29, 1.82) is 0 Å². The van der Waals surface area contributed by atoms with Gasteiger partial charge in [0.05, 0.1) is 35.7 Å². The molecule has 4 N–H and O–H groups in total. The van der Waals surface area contributed by atoms with E-state index >= 15 is 0 Å². The Morgan fingerprint density at radius 2 is 2.00 bits per heavy atom. The van der Waals surface area contributed by atoms with Crippen LogP contribution < -0.4 is 16.0 Å². The van der Waals surface area contributed by atoms with E-state index in [1.807, 2.05) is 13.8 Å². The molecule has 0 aliphatic carbocycles. The first-order chi connectivity index (χ1) is 14.8. The van der Waals surface area contributed by atoms with Crippen molar-refractivity contribution < 1.29 is 9.84 Å². The number of rotatable bonds is 4. The summed E-state index contributed by atoms with van der Waals surface area (Å²) >= 11 is 12.6. The summed E-state index contributed by atoms with van der Waals surface area (Å²) in [5.74, 6) is 1.27. The highest BCUT2D eigenvalue weighted by Crippen LogP contribution is 2.42. The van der Waals surface area contributed by atoms with Crippen molar-refractivity contribution in [2.24, 2.45) is 11.1 Å². The molecule has 31 heavy (non-hydrogen) atoms. The van der Waals surface area contributed by atoms with Gasteiger partial charge in [0.1, 0.15) is 11.5 Å². The molecule has 2 aliphatic heterocycles. The summed E-state index contributed by atoms with van der Waals surface area (Å²) in [5, 5.41) is 13.5. The second kappa shape index (κ2) is 8.67. The van der Waals surface area contributed by atoms with Crippen molar-refractivity contribution in [1.82, 2.24) is 15.0 Å². The minimum absolute atomic E-state index is 0.0164. The Kier molecular flexibility index (Phi) is 6.29. The van der Waals surface area contributed by atoms with Crippen LogP contribution in [0.3, 0.4) is 0 Å². The molecule has 0 radical (unpaired) electrons. The van der Waals surface area contributed by atoms with Crippen LogP contribution in [0.1, 0.15) is 31.2 Å². The number of hydrogen-bond acceptors (Lipinski definition) is 8. The first kappa shape index (κ1) is 22.5. The molecule has 2 atom stereocenters. The van der Waals surface area contributed by atoms with Gasteiger partial charge in [0.15, 0.2) is 11.0 Å². The van der Waals surface area contributed by atoms with Gasteiger partial charge in [-0.3, -0.25) is 0 Å². The van der Waals surface area contributed by atoms with Gasteiger partial charge in [-0.05, 0) is 32.8 Å². The highest BCUT2D eigenvalue weighted by Gasteiger charge is 2.47. The maximum absolute atomic E-state index is 10.1. The van der Waals surface area contributed by atoms with Gasteiger partial charge >= 0.3 is 0 Å². The number of aliphatic hydroxyl groups is 1. The lowest BCUT2D eigenvalue weighted by atomic mass is 9.73. The molecule has 2 aliphatic rings. The summed E-state index contributed by atoms with van der Waals surface area (Å²) in [6.07, 6.45) is 1.92. The molecule has 2 aromatic heterocycles. The van der Waals surface area contributed by atoms with E-state index in [1.165, 1.54) is 0 Å². The molecule has 10 heteroatoms. The summed E-state index contributed by atoms with van der Waals surface area (Å²) in [6, 6.07) is 1.82. The molecule has 1 spiro atoms. The number of nitrogens with two attached hydrogens (primary N) is 1. The molecule has 2 aromatic rings. The van der Waals surface area contributed by atoms with Gasteiger partial charge in [0.2, 0.25) is 0 Å². The van der Waals surface area contributed by atoms with Crippen molar-refractivity contribution in [3.8, 4) is 11.3 Å². The average molecular weight is 467 g/mol. The van der Waals surface area contributed by atoms with Crippen molar-refractivity contribution in [3.05, 3.63) is 27.6 Å². The predicted octanol–water partition coefficient (Wildman–Crippen LogP) is 3.02. The van der Waals surface area contributed by atoms with Crippen LogP contribution in [0, 0.1) is 12.3 Å². The van der Waals surface area contributed by atoms with E-state index in [1.54, 1.807) is 13.1 Å². The van der Waals surface area contributed by atoms with Crippen LogP contribution in [0.2, 0.25) is 10.2 Å². The van der Waals surface area contributed by atoms with Crippen molar-refractivity contribution in [3.63, 3.8) is 0 Å². The number of aliphatic hydroxyl groups excluding tert-OH is 1. The molecule has 0 saturated carbocycles. The number of anilines is 2. The van der Waals surface area contributed by atoms with Crippen molar-refractivity contribution in [2.45, 2.75) is 45.4 Å². The zero-order valence-corrected chi connectivity index (χ0v) is 19.5. The molecule has 1 unspecified atom stereocenters. The van der Waals surface area contributed by atoms with Gasteiger partial charge < -0.3 is 25.8 Å². The fourth-order valence-corrected chi connectivity index (χ4v) is 4.97. The Hall–Kier alpha value is -1.71. The fourth-order valence-electron chi connectivity index (χ4n) is 4.59. The fraction of sp³-hybridized carbons (Fsp3) is 0.571.